The molecular weight excluding hydrogens is 146 g/mol. The maximum atomic E-state index is 10.2. The topological polar surface area (TPSA) is 89.8 Å². The van der Waals surface area contributed by atoms with Gasteiger partial charge in [-0.05, 0) is 0 Å². The summed E-state index contributed by atoms with van der Waals surface area (Å²) in [6.07, 6.45) is 1.11. The Morgan fingerprint density at radius 1 is 1.91 bits per heavy atom. The van der Waals surface area contributed by atoms with Crippen molar-refractivity contribution < 1.29 is 9.90 Å². The Morgan fingerprint density at radius 2 is 2.64 bits per heavy atom. The number of carbonyl (C=O) groups is 1. The van der Waals surface area contributed by atoms with E-state index >= 15 is 0 Å². The second kappa shape index (κ2) is 2.84. The third-order valence-corrected chi connectivity index (χ3v) is 1.17. The van der Waals surface area contributed by atoms with Gasteiger partial charge < -0.3 is 5.11 Å². The first kappa shape index (κ1) is 7.28. The number of hydrogen-bond acceptors (Lipinski definition) is 3. The molecule has 5 heteroatoms. The Kier molecular flexibility index (Phi) is 1.88. The van der Waals surface area contributed by atoms with Crippen LogP contribution in [0.2, 0.25) is 0 Å². The summed E-state index contributed by atoms with van der Waals surface area (Å²) in [7, 11) is 0. The van der Waals surface area contributed by atoms with E-state index in [2.05, 4.69) is 10.2 Å². The molecule has 11 heavy (non-hydrogen) atoms. The van der Waals surface area contributed by atoms with Gasteiger partial charge in [-0.1, -0.05) is 0 Å². The summed E-state index contributed by atoms with van der Waals surface area (Å²) in [5.41, 5.74) is 0.632. The van der Waals surface area contributed by atoms with Gasteiger partial charge in [-0.25, -0.2) is 0 Å². The van der Waals surface area contributed by atoms with E-state index < -0.39 is 5.97 Å². The van der Waals surface area contributed by atoms with Crippen LogP contribution in [0.3, 0.4) is 0 Å². The van der Waals surface area contributed by atoms with Crippen LogP contribution in [0.5, 0.6) is 0 Å². The minimum atomic E-state index is -0.981. The smallest absolute Gasteiger partial charge is 0.309 e. The van der Waals surface area contributed by atoms with Crippen LogP contribution in [0, 0.1) is 11.3 Å². The molecule has 0 aliphatic carbocycles. The molecule has 0 amide bonds. The number of aromatic nitrogens is 2. The number of carboxylic acids is 1. The van der Waals surface area contributed by atoms with Crippen molar-refractivity contribution in [3.8, 4) is 6.07 Å². The number of aliphatic carboxylic acids is 1. The fraction of sp³-hybridized carbons (Fsp3) is 0.167. The van der Waals surface area contributed by atoms with Crippen LogP contribution >= 0.6 is 0 Å². The average Bonchev–Trinajstić information content (AvgIpc) is 2.34. The molecule has 0 saturated carbocycles. The van der Waals surface area contributed by atoms with Crippen LogP contribution in [-0.2, 0) is 11.2 Å². The summed E-state index contributed by atoms with van der Waals surface area (Å²) in [4.78, 5) is 10.2. The zero-order valence-corrected chi connectivity index (χ0v) is 5.53. The van der Waals surface area contributed by atoms with Gasteiger partial charge in [-0.2, -0.15) is 10.4 Å². The molecule has 0 aromatic carbocycles. The quantitative estimate of drug-likeness (QED) is 0.618. The Morgan fingerprint density at radius 3 is 3.18 bits per heavy atom. The number of H-pyrrole nitrogens is 1. The van der Waals surface area contributed by atoms with Crippen LogP contribution in [0.1, 0.15) is 11.3 Å². The maximum absolute atomic E-state index is 10.2. The van der Waals surface area contributed by atoms with Gasteiger partial charge in [-0.3, -0.25) is 9.89 Å². The summed E-state index contributed by atoms with van der Waals surface area (Å²) in [6.45, 7) is 0. The molecule has 1 aromatic rings. The van der Waals surface area contributed by atoms with Crippen molar-refractivity contribution in [2.45, 2.75) is 6.42 Å². The number of rotatable bonds is 2. The van der Waals surface area contributed by atoms with Gasteiger partial charge >= 0.3 is 5.97 Å². The van der Waals surface area contributed by atoms with Crippen LogP contribution in [0.25, 0.3) is 0 Å². The molecule has 56 valence electrons. The van der Waals surface area contributed by atoms with Crippen molar-refractivity contribution in [1.82, 2.24) is 10.2 Å². The van der Waals surface area contributed by atoms with E-state index in [1.54, 1.807) is 0 Å². The molecule has 0 saturated heterocycles. The zero-order chi connectivity index (χ0) is 8.27. The molecular formula is C6H5N3O2. The number of nitrogens with one attached hydrogen (secondary N) is 1. The SMILES string of the molecule is N#Cc1cn[nH]c1CC(=O)O. The van der Waals surface area contributed by atoms with Crippen LogP contribution in [0.4, 0.5) is 0 Å². The van der Waals surface area contributed by atoms with Gasteiger partial charge in [0.05, 0.1) is 23.9 Å². The number of hydrogen-bond donors (Lipinski definition) is 2. The molecule has 1 rings (SSSR count). The highest BCUT2D eigenvalue weighted by molar-refractivity contribution is 5.70. The Labute approximate surface area is 62.3 Å². The molecule has 0 atom stereocenters. The Bertz CT molecular complexity index is 310. The van der Waals surface area contributed by atoms with Gasteiger partial charge in [-0.15, -0.1) is 0 Å². The number of carboxylic acid groups (broad SMARTS) is 1. The molecule has 0 aliphatic rings. The summed E-state index contributed by atoms with van der Waals surface area (Å²) in [6, 6.07) is 1.82. The number of aromatic amines is 1. The number of nitriles is 1. The summed E-state index contributed by atoms with van der Waals surface area (Å²) in [5.74, 6) is -0.981. The molecule has 1 heterocycles. The lowest BCUT2D eigenvalue weighted by Gasteiger charge is -1.88. The van der Waals surface area contributed by atoms with Gasteiger partial charge in [0.15, 0.2) is 0 Å². The molecule has 5 nitrogen and oxygen atoms in total. The standard InChI is InChI=1S/C6H5N3O2/c7-2-4-3-8-9-5(4)1-6(10)11/h3H,1H2,(H,8,9)(H,10,11). The van der Waals surface area contributed by atoms with Gasteiger partial charge in [0, 0.05) is 0 Å². The van der Waals surface area contributed by atoms with Crippen LogP contribution < -0.4 is 0 Å². The van der Waals surface area contributed by atoms with E-state index in [9.17, 15) is 4.79 Å². The largest absolute Gasteiger partial charge is 0.481 e. The molecule has 2 N–H and O–H groups in total. The molecule has 0 bridgehead atoms. The normalized spacial score (nSPS) is 9.00. The molecule has 0 spiro atoms. The molecule has 0 radical (unpaired) electrons. The first-order chi connectivity index (χ1) is 5.24. The van der Waals surface area contributed by atoms with Crippen molar-refractivity contribution in [1.29, 1.82) is 5.26 Å². The monoisotopic (exact) mass is 151 g/mol. The summed E-state index contributed by atoms with van der Waals surface area (Å²) >= 11 is 0. The van der Waals surface area contributed by atoms with Gasteiger partial charge in [0.2, 0.25) is 0 Å². The van der Waals surface area contributed by atoms with E-state index in [-0.39, 0.29) is 12.0 Å². The van der Waals surface area contributed by atoms with Crippen molar-refractivity contribution in [2.75, 3.05) is 0 Å². The van der Waals surface area contributed by atoms with E-state index in [0.29, 0.717) is 5.69 Å². The zero-order valence-electron chi connectivity index (χ0n) is 5.53. The minimum absolute atomic E-state index is 0.192. The first-order valence-corrected chi connectivity index (χ1v) is 2.88. The Balaban J connectivity index is 2.87. The van der Waals surface area contributed by atoms with Gasteiger partial charge in [0.25, 0.3) is 0 Å². The fourth-order valence-electron chi connectivity index (χ4n) is 0.695. The predicted molar refractivity (Wildman–Crippen MR) is 34.6 cm³/mol. The lowest BCUT2D eigenvalue weighted by Crippen LogP contribution is -2.01. The van der Waals surface area contributed by atoms with E-state index in [0.717, 1.165) is 0 Å². The summed E-state index contributed by atoms with van der Waals surface area (Å²) < 4.78 is 0. The maximum Gasteiger partial charge on any atom is 0.309 e. The van der Waals surface area contributed by atoms with Crippen molar-refractivity contribution in [3.05, 3.63) is 17.5 Å². The lowest BCUT2D eigenvalue weighted by atomic mass is 10.2. The van der Waals surface area contributed by atoms with E-state index in [4.69, 9.17) is 10.4 Å². The minimum Gasteiger partial charge on any atom is -0.481 e. The van der Waals surface area contributed by atoms with Crippen LogP contribution in [0.15, 0.2) is 6.20 Å². The lowest BCUT2D eigenvalue weighted by molar-refractivity contribution is -0.136. The third kappa shape index (κ3) is 1.55. The number of nitrogens with zero attached hydrogens (tertiary/aromatic N) is 2. The average molecular weight is 151 g/mol. The molecule has 0 aliphatic heterocycles. The second-order valence-corrected chi connectivity index (χ2v) is 1.94. The predicted octanol–water partition coefficient (Wildman–Crippen LogP) is -0.0915. The third-order valence-electron chi connectivity index (χ3n) is 1.17. The van der Waals surface area contributed by atoms with Crippen molar-refractivity contribution in [2.24, 2.45) is 0 Å². The molecule has 0 fully saturated rings. The van der Waals surface area contributed by atoms with Crippen LogP contribution in [-0.4, -0.2) is 21.3 Å². The highest BCUT2D eigenvalue weighted by atomic mass is 16.4. The second-order valence-electron chi connectivity index (χ2n) is 1.94. The van der Waals surface area contributed by atoms with Crippen molar-refractivity contribution in [3.63, 3.8) is 0 Å². The van der Waals surface area contributed by atoms with Crippen molar-refractivity contribution >= 4 is 5.97 Å². The highest BCUT2D eigenvalue weighted by Gasteiger charge is 2.07. The first-order valence-electron chi connectivity index (χ1n) is 2.88. The molecule has 1 aromatic heterocycles. The Hall–Kier alpha value is -1.83. The summed E-state index contributed by atoms with van der Waals surface area (Å²) in [5, 5.41) is 22.7. The van der Waals surface area contributed by atoms with E-state index in [1.807, 2.05) is 6.07 Å². The fourth-order valence-corrected chi connectivity index (χ4v) is 0.695. The van der Waals surface area contributed by atoms with Gasteiger partial charge in [0.1, 0.15) is 6.07 Å². The molecule has 0 unspecified atom stereocenters. The van der Waals surface area contributed by atoms with E-state index in [1.165, 1.54) is 6.20 Å². The highest BCUT2D eigenvalue weighted by Crippen LogP contribution is 2.02.